The van der Waals surface area contributed by atoms with Gasteiger partial charge in [0.2, 0.25) is 5.88 Å². The number of ether oxygens (including phenoxy) is 1. The lowest BCUT2D eigenvalue weighted by Gasteiger charge is -2.08. The third-order valence-electron chi connectivity index (χ3n) is 2.80. The Morgan fingerprint density at radius 1 is 1.43 bits per heavy atom. The maximum absolute atomic E-state index is 11.7. The van der Waals surface area contributed by atoms with E-state index in [0.29, 0.717) is 11.4 Å². The van der Waals surface area contributed by atoms with Crippen molar-refractivity contribution < 1.29 is 9.66 Å². The maximum atomic E-state index is 11.7. The van der Waals surface area contributed by atoms with Gasteiger partial charge < -0.3 is 10.2 Å². The number of hydrogen-bond donors (Lipinski definition) is 2. The molecule has 0 aliphatic carbocycles. The number of anilines is 1. The number of nitrogen functional groups attached to an aromatic ring is 1. The predicted octanol–water partition coefficient (Wildman–Crippen LogP) is 0.494. The highest BCUT2D eigenvalue weighted by Gasteiger charge is 2.13. The lowest BCUT2D eigenvalue weighted by Crippen LogP contribution is -2.22. The number of aromatic nitrogens is 2. The van der Waals surface area contributed by atoms with Crippen molar-refractivity contribution in [1.29, 1.82) is 0 Å². The summed E-state index contributed by atoms with van der Waals surface area (Å²) in [7, 11) is 1.44. The molecule has 0 aliphatic heterocycles. The Morgan fingerprint density at radius 3 is 2.81 bits per heavy atom. The van der Waals surface area contributed by atoms with Crippen LogP contribution >= 0.6 is 0 Å². The highest BCUT2D eigenvalue weighted by molar-refractivity contribution is 5.62. The molecule has 0 spiro atoms. The van der Waals surface area contributed by atoms with Gasteiger partial charge in [-0.1, -0.05) is 6.07 Å². The smallest absolute Gasteiger partial charge is 0.293 e. The Balaban J connectivity index is 2.36. The van der Waals surface area contributed by atoms with Crippen LogP contribution in [0.25, 0.3) is 0 Å². The molecular formula is C12H13N5O4. The normalized spacial score (nSPS) is 10.2. The van der Waals surface area contributed by atoms with Crippen LogP contribution in [0.3, 0.4) is 0 Å². The van der Waals surface area contributed by atoms with Gasteiger partial charge in [0.05, 0.1) is 18.6 Å². The summed E-state index contributed by atoms with van der Waals surface area (Å²) in [5.41, 5.74) is 2.61. The van der Waals surface area contributed by atoms with Crippen molar-refractivity contribution in [1.82, 2.24) is 9.78 Å². The van der Waals surface area contributed by atoms with E-state index in [1.54, 1.807) is 0 Å². The summed E-state index contributed by atoms with van der Waals surface area (Å²) in [6.45, 7) is 0.142. The van der Waals surface area contributed by atoms with Gasteiger partial charge in [0.1, 0.15) is 5.69 Å². The molecule has 0 bridgehead atoms. The van der Waals surface area contributed by atoms with Crippen molar-refractivity contribution in [3.8, 4) is 5.88 Å². The van der Waals surface area contributed by atoms with Gasteiger partial charge in [-0.2, -0.15) is 0 Å². The molecule has 0 unspecified atom stereocenters. The van der Waals surface area contributed by atoms with Crippen molar-refractivity contribution in [2.24, 2.45) is 5.84 Å². The summed E-state index contributed by atoms with van der Waals surface area (Å²) in [6.07, 6.45) is 0. The van der Waals surface area contributed by atoms with Crippen LogP contribution in [0.15, 0.2) is 35.1 Å². The summed E-state index contributed by atoms with van der Waals surface area (Å²) >= 11 is 0. The molecule has 0 saturated heterocycles. The Hall–Kier alpha value is -2.94. The zero-order valence-electron chi connectivity index (χ0n) is 11.1. The number of benzene rings is 1. The van der Waals surface area contributed by atoms with Crippen LogP contribution in [0.1, 0.15) is 5.56 Å². The van der Waals surface area contributed by atoms with Gasteiger partial charge in [0, 0.05) is 18.2 Å². The fraction of sp³-hybridized carbons (Fsp3) is 0.167. The van der Waals surface area contributed by atoms with E-state index in [1.807, 2.05) is 0 Å². The van der Waals surface area contributed by atoms with Gasteiger partial charge in [0.25, 0.3) is 11.2 Å². The molecule has 9 heteroatoms. The van der Waals surface area contributed by atoms with Gasteiger partial charge in [-0.05, 0) is 11.6 Å². The summed E-state index contributed by atoms with van der Waals surface area (Å²) < 4.78 is 6.15. The van der Waals surface area contributed by atoms with Crippen molar-refractivity contribution in [3.05, 3.63) is 56.4 Å². The number of nitrogens with zero attached hydrogens (tertiary/aromatic N) is 3. The summed E-state index contributed by atoms with van der Waals surface area (Å²) in [4.78, 5) is 22.0. The van der Waals surface area contributed by atoms with Crippen molar-refractivity contribution >= 4 is 11.4 Å². The lowest BCUT2D eigenvalue weighted by molar-refractivity contribution is -0.384. The molecule has 0 atom stereocenters. The molecule has 9 nitrogen and oxygen atoms in total. The minimum absolute atomic E-state index is 0.142. The number of nitro groups is 1. The molecule has 0 aliphatic rings. The topological polar surface area (TPSA) is 125 Å². The quantitative estimate of drug-likeness (QED) is 0.466. The Kier molecular flexibility index (Phi) is 4.14. The Labute approximate surface area is 119 Å². The van der Waals surface area contributed by atoms with E-state index in [-0.39, 0.29) is 23.5 Å². The second-order valence-electron chi connectivity index (χ2n) is 4.12. The first-order chi connectivity index (χ1) is 10.0. The maximum Gasteiger partial charge on any atom is 0.293 e. The molecule has 3 N–H and O–H groups in total. The molecule has 1 aromatic carbocycles. The lowest BCUT2D eigenvalue weighted by atomic mass is 10.1. The van der Waals surface area contributed by atoms with Crippen molar-refractivity contribution in [3.63, 3.8) is 0 Å². The molecule has 2 rings (SSSR count). The average Bonchev–Trinajstić information content (AvgIpc) is 2.49. The number of hydrazine groups is 1. The molecule has 21 heavy (non-hydrogen) atoms. The highest BCUT2D eigenvalue weighted by atomic mass is 16.6. The second kappa shape index (κ2) is 6.01. The summed E-state index contributed by atoms with van der Waals surface area (Å²) in [5, 5.41) is 14.8. The average molecular weight is 291 g/mol. The van der Waals surface area contributed by atoms with Gasteiger partial charge in [-0.15, -0.1) is 5.10 Å². The van der Waals surface area contributed by atoms with Crippen LogP contribution in [-0.2, 0) is 6.54 Å². The number of methoxy groups -OCH3 is 1. The van der Waals surface area contributed by atoms with Gasteiger partial charge in [-0.25, -0.2) is 4.68 Å². The van der Waals surface area contributed by atoms with Crippen LogP contribution in [0.2, 0.25) is 0 Å². The first kappa shape index (κ1) is 14.5. The standard InChI is InChI=1S/C12H13N5O4/c1-21-11-4-5-12(18)16(15-11)7-8-2-3-10(17(19)20)9(6-8)14-13/h2-6,14H,7,13H2,1H3. The second-order valence-corrected chi connectivity index (χ2v) is 4.12. The molecule has 110 valence electrons. The third-order valence-corrected chi connectivity index (χ3v) is 2.80. The van der Waals surface area contributed by atoms with Crippen molar-refractivity contribution in [2.45, 2.75) is 6.54 Å². The van der Waals surface area contributed by atoms with Crippen molar-refractivity contribution in [2.75, 3.05) is 12.5 Å². The first-order valence-electron chi connectivity index (χ1n) is 5.91. The first-order valence-corrected chi connectivity index (χ1v) is 5.91. The summed E-state index contributed by atoms with van der Waals surface area (Å²) in [5.74, 6) is 5.57. The molecule has 2 aromatic rings. The molecule has 1 heterocycles. The molecule has 0 saturated carbocycles. The van der Waals surface area contributed by atoms with Crippen LogP contribution in [0, 0.1) is 10.1 Å². The number of rotatable bonds is 5. The molecule has 0 amide bonds. The van der Waals surface area contributed by atoms with E-state index in [0.717, 1.165) is 0 Å². The highest BCUT2D eigenvalue weighted by Crippen LogP contribution is 2.24. The zero-order chi connectivity index (χ0) is 15.4. The minimum atomic E-state index is -0.547. The Bertz CT molecular complexity index is 728. The fourth-order valence-electron chi connectivity index (χ4n) is 1.78. The van der Waals surface area contributed by atoms with Crippen LogP contribution in [0.5, 0.6) is 5.88 Å². The molecule has 0 fully saturated rings. The number of nitrogens with two attached hydrogens (primary N) is 1. The van der Waals surface area contributed by atoms with E-state index in [4.69, 9.17) is 10.6 Å². The summed E-state index contributed by atoms with van der Waals surface area (Å²) in [6, 6.07) is 7.13. The predicted molar refractivity (Wildman–Crippen MR) is 75.1 cm³/mol. The van der Waals surface area contributed by atoms with Crippen LogP contribution in [-0.4, -0.2) is 21.8 Å². The zero-order valence-corrected chi connectivity index (χ0v) is 11.1. The number of hydrogen-bond acceptors (Lipinski definition) is 7. The minimum Gasteiger partial charge on any atom is -0.480 e. The van der Waals surface area contributed by atoms with Crippen LogP contribution in [0.4, 0.5) is 11.4 Å². The Morgan fingerprint density at radius 2 is 2.19 bits per heavy atom. The van der Waals surface area contributed by atoms with E-state index in [9.17, 15) is 14.9 Å². The largest absolute Gasteiger partial charge is 0.480 e. The SMILES string of the molecule is COc1ccc(=O)n(Cc2ccc([N+](=O)[O-])c(NN)c2)n1. The molecular weight excluding hydrogens is 278 g/mol. The third kappa shape index (κ3) is 3.15. The monoisotopic (exact) mass is 291 g/mol. The number of nitrogens with one attached hydrogen (secondary N) is 1. The van der Waals surface area contributed by atoms with E-state index >= 15 is 0 Å². The fourth-order valence-corrected chi connectivity index (χ4v) is 1.78. The molecule has 0 radical (unpaired) electrons. The van der Waals surface area contributed by atoms with E-state index in [2.05, 4.69) is 10.5 Å². The van der Waals surface area contributed by atoms with Gasteiger partial charge in [0.15, 0.2) is 0 Å². The van der Waals surface area contributed by atoms with Gasteiger partial charge >= 0.3 is 0 Å². The number of nitro benzene ring substituents is 1. The van der Waals surface area contributed by atoms with Crippen LogP contribution < -0.4 is 21.6 Å². The molecule has 1 aromatic heterocycles. The van der Waals surface area contributed by atoms with Gasteiger partial charge in [-0.3, -0.25) is 20.8 Å². The van der Waals surface area contributed by atoms with E-state index in [1.165, 1.54) is 42.1 Å². The van der Waals surface area contributed by atoms with E-state index < -0.39 is 4.92 Å².